The summed E-state index contributed by atoms with van der Waals surface area (Å²) in [7, 11) is 1.29. The fourth-order valence-corrected chi connectivity index (χ4v) is 4.28. The number of hydrogen-bond acceptors (Lipinski definition) is 5. The van der Waals surface area contributed by atoms with Gasteiger partial charge in [0.05, 0.1) is 12.7 Å². The smallest absolute Gasteiger partial charge is 0.348 e. The van der Waals surface area contributed by atoms with Crippen molar-refractivity contribution in [3.63, 3.8) is 0 Å². The van der Waals surface area contributed by atoms with Gasteiger partial charge in [0, 0.05) is 12.3 Å². The van der Waals surface area contributed by atoms with Crippen LogP contribution in [0.2, 0.25) is 0 Å². The number of amides is 1. The molecule has 2 aromatic carbocycles. The van der Waals surface area contributed by atoms with Crippen LogP contribution in [0.15, 0.2) is 60.7 Å². The number of methoxy groups -OCH3 is 1. The summed E-state index contributed by atoms with van der Waals surface area (Å²) in [5.41, 5.74) is 2.88. The number of ether oxygens (including phenoxy) is 1. The molecule has 0 fully saturated rings. The number of esters is 1. The molecule has 1 heterocycles. The molecule has 0 bridgehead atoms. The molecule has 0 spiro atoms. The maximum Gasteiger partial charge on any atom is 0.348 e. The Morgan fingerprint density at radius 2 is 1.62 bits per heavy atom. The van der Waals surface area contributed by atoms with E-state index in [1.165, 1.54) is 7.11 Å². The lowest BCUT2D eigenvalue weighted by atomic mass is 9.88. The third-order valence-corrected chi connectivity index (χ3v) is 5.86. The van der Waals surface area contributed by atoms with E-state index in [0.717, 1.165) is 22.5 Å². The Balaban J connectivity index is 1.87. The molecule has 0 saturated heterocycles. The van der Waals surface area contributed by atoms with Gasteiger partial charge in [0.2, 0.25) is 5.91 Å². The second kappa shape index (κ2) is 9.18. The van der Waals surface area contributed by atoms with Crippen LogP contribution >= 0.6 is 11.3 Å². The first-order valence-electron chi connectivity index (χ1n) is 9.06. The van der Waals surface area contributed by atoms with Crippen molar-refractivity contribution < 1.29 is 14.3 Å². The van der Waals surface area contributed by atoms with Gasteiger partial charge >= 0.3 is 5.97 Å². The first-order valence-corrected chi connectivity index (χ1v) is 9.88. The molecule has 0 aliphatic heterocycles. The largest absolute Gasteiger partial charge is 0.465 e. The molecule has 0 unspecified atom stereocenters. The normalized spacial score (nSPS) is 10.4. The minimum atomic E-state index is -0.518. The van der Waals surface area contributed by atoms with Crippen molar-refractivity contribution in [1.29, 1.82) is 5.26 Å². The van der Waals surface area contributed by atoms with Gasteiger partial charge in [-0.1, -0.05) is 60.7 Å². The summed E-state index contributed by atoms with van der Waals surface area (Å²) in [5, 5.41) is 12.7. The Labute approximate surface area is 173 Å². The highest BCUT2D eigenvalue weighted by Crippen LogP contribution is 2.34. The van der Waals surface area contributed by atoms with E-state index in [-0.39, 0.29) is 18.2 Å². The van der Waals surface area contributed by atoms with Crippen molar-refractivity contribution in [3.8, 4) is 6.07 Å². The predicted molar refractivity (Wildman–Crippen MR) is 113 cm³/mol. The van der Waals surface area contributed by atoms with Crippen molar-refractivity contribution in [1.82, 2.24) is 0 Å². The summed E-state index contributed by atoms with van der Waals surface area (Å²) in [4.78, 5) is 25.1. The molecule has 1 amide bonds. The lowest BCUT2D eigenvalue weighted by Crippen LogP contribution is -2.16. The van der Waals surface area contributed by atoms with Crippen LogP contribution in [0.5, 0.6) is 0 Å². The molecule has 3 aromatic rings. The highest BCUT2D eigenvalue weighted by Gasteiger charge is 2.23. The summed E-state index contributed by atoms with van der Waals surface area (Å²) >= 11 is 1.06. The van der Waals surface area contributed by atoms with Crippen molar-refractivity contribution in [2.24, 2.45) is 0 Å². The van der Waals surface area contributed by atoms with E-state index in [4.69, 9.17) is 4.74 Å². The molecule has 1 aromatic heterocycles. The van der Waals surface area contributed by atoms with Gasteiger partial charge in [-0.3, -0.25) is 4.79 Å². The molecule has 5 nitrogen and oxygen atoms in total. The van der Waals surface area contributed by atoms with E-state index in [1.807, 2.05) is 60.7 Å². The minimum absolute atomic E-state index is 0.121. The molecule has 1 N–H and O–H groups in total. The Morgan fingerprint density at radius 3 is 2.10 bits per heavy atom. The maximum atomic E-state index is 12.9. The van der Waals surface area contributed by atoms with Gasteiger partial charge in [-0.2, -0.15) is 5.26 Å². The van der Waals surface area contributed by atoms with E-state index in [9.17, 15) is 14.9 Å². The second-order valence-corrected chi connectivity index (χ2v) is 7.51. The van der Waals surface area contributed by atoms with Gasteiger partial charge in [0.15, 0.2) is 0 Å². The van der Waals surface area contributed by atoms with Crippen LogP contribution in [-0.2, 0) is 9.53 Å². The molecule has 29 heavy (non-hydrogen) atoms. The average Bonchev–Trinajstić information content (AvgIpc) is 3.07. The van der Waals surface area contributed by atoms with Crippen LogP contribution < -0.4 is 5.32 Å². The maximum absolute atomic E-state index is 12.9. The Hall–Kier alpha value is -3.43. The number of carbonyl (C=O) groups excluding carboxylic acids is 2. The molecule has 0 radical (unpaired) electrons. The zero-order chi connectivity index (χ0) is 20.8. The lowest BCUT2D eigenvalue weighted by Gasteiger charge is -2.17. The standard InChI is InChI=1S/C23H20N2O3S/c1-15-19(14-24)22(29-21(15)23(27)28-2)25-20(26)13-18(16-9-5-3-6-10-16)17-11-7-4-8-12-17/h3-12,18H,13H2,1-2H3,(H,25,26). The van der Waals surface area contributed by atoms with E-state index >= 15 is 0 Å². The zero-order valence-electron chi connectivity index (χ0n) is 16.1. The molecular weight excluding hydrogens is 384 g/mol. The summed E-state index contributed by atoms with van der Waals surface area (Å²) in [6.45, 7) is 1.67. The van der Waals surface area contributed by atoms with Crippen LogP contribution in [0.3, 0.4) is 0 Å². The van der Waals surface area contributed by atoms with Crippen LogP contribution in [0, 0.1) is 18.3 Å². The highest BCUT2D eigenvalue weighted by molar-refractivity contribution is 7.18. The molecule has 0 aliphatic carbocycles. The Bertz CT molecular complexity index is 1010. The molecule has 6 heteroatoms. The third kappa shape index (κ3) is 4.53. The third-order valence-electron chi connectivity index (χ3n) is 4.68. The summed E-state index contributed by atoms with van der Waals surface area (Å²) < 4.78 is 4.76. The Morgan fingerprint density at radius 1 is 1.07 bits per heavy atom. The zero-order valence-corrected chi connectivity index (χ0v) is 17.0. The van der Waals surface area contributed by atoms with Crippen molar-refractivity contribution in [3.05, 3.63) is 87.8 Å². The number of nitriles is 1. The minimum Gasteiger partial charge on any atom is -0.465 e. The summed E-state index contributed by atoms with van der Waals surface area (Å²) in [5.74, 6) is -0.864. The molecule has 146 valence electrons. The van der Waals surface area contributed by atoms with Crippen LogP contribution in [-0.4, -0.2) is 19.0 Å². The van der Waals surface area contributed by atoms with Gasteiger partial charge in [-0.15, -0.1) is 11.3 Å². The average molecular weight is 404 g/mol. The SMILES string of the molecule is COC(=O)c1sc(NC(=O)CC(c2ccccc2)c2ccccc2)c(C#N)c1C. The molecule has 0 atom stereocenters. The van der Waals surface area contributed by atoms with Gasteiger partial charge < -0.3 is 10.1 Å². The monoisotopic (exact) mass is 404 g/mol. The fourth-order valence-electron chi connectivity index (χ4n) is 3.19. The number of nitrogens with zero attached hydrogens (tertiary/aromatic N) is 1. The Kier molecular flexibility index (Phi) is 6.43. The molecular formula is C23H20N2O3S. The van der Waals surface area contributed by atoms with Crippen LogP contribution in [0.1, 0.15) is 44.3 Å². The molecule has 0 saturated carbocycles. The van der Waals surface area contributed by atoms with Gasteiger partial charge in [-0.05, 0) is 23.6 Å². The van der Waals surface area contributed by atoms with Crippen molar-refractivity contribution in [2.45, 2.75) is 19.3 Å². The van der Waals surface area contributed by atoms with Crippen LogP contribution in [0.25, 0.3) is 0 Å². The van der Waals surface area contributed by atoms with Gasteiger partial charge in [0.25, 0.3) is 0 Å². The first kappa shape index (κ1) is 20.3. The number of nitrogens with one attached hydrogen (secondary N) is 1. The lowest BCUT2D eigenvalue weighted by molar-refractivity contribution is -0.116. The fraction of sp³-hybridized carbons (Fsp3) is 0.174. The van der Waals surface area contributed by atoms with Crippen molar-refractivity contribution in [2.75, 3.05) is 12.4 Å². The number of benzene rings is 2. The molecule has 0 aliphatic rings. The summed E-state index contributed by atoms with van der Waals surface area (Å²) in [6.07, 6.45) is 0.212. The van der Waals surface area contributed by atoms with E-state index < -0.39 is 5.97 Å². The van der Waals surface area contributed by atoms with E-state index in [1.54, 1.807) is 6.92 Å². The number of rotatable bonds is 6. The molecule has 3 rings (SSSR count). The topological polar surface area (TPSA) is 79.2 Å². The highest BCUT2D eigenvalue weighted by atomic mass is 32.1. The summed E-state index contributed by atoms with van der Waals surface area (Å²) in [6, 6.07) is 21.7. The number of anilines is 1. The van der Waals surface area contributed by atoms with Crippen LogP contribution in [0.4, 0.5) is 5.00 Å². The number of carbonyl (C=O) groups is 2. The van der Waals surface area contributed by atoms with Crippen molar-refractivity contribution >= 4 is 28.2 Å². The second-order valence-electron chi connectivity index (χ2n) is 6.49. The number of hydrogen-bond donors (Lipinski definition) is 1. The van der Waals surface area contributed by atoms with Gasteiger partial charge in [0.1, 0.15) is 15.9 Å². The van der Waals surface area contributed by atoms with E-state index in [2.05, 4.69) is 11.4 Å². The predicted octanol–water partition coefficient (Wildman–Crippen LogP) is 4.88. The number of thiophene rings is 1. The van der Waals surface area contributed by atoms with Gasteiger partial charge in [-0.25, -0.2) is 4.79 Å². The quantitative estimate of drug-likeness (QED) is 0.594. The first-order chi connectivity index (χ1) is 14.0. The van der Waals surface area contributed by atoms with E-state index in [0.29, 0.717) is 21.0 Å².